The molecule has 1 heterocycles. The Kier molecular flexibility index (Phi) is 7.03. The van der Waals surface area contributed by atoms with Gasteiger partial charge in [0.15, 0.2) is 16.6 Å². The SMILES string of the molecule is CCOc1ccc(/C=C/C(=O)Nc2nc3ccc(NC(C)=O)cc3s2)cc1OCC. The molecule has 2 aromatic carbocycles. The minimum atomic E-state index is -0.289. The van der Waals surface area contributed by atoms with Gasteiger partial charge in [0.2, 0.25) is 11.8 Å². The van der Waals surface area contributed by atoms with Gasteiger partial charge < -0.3 is 14.8 Å². The van der Waals surface area contributed by atoms with Crippen LogP contribution in [0.2, 0.25) is 0 Å². The number of hydrogen-bond donors (Lipinski definition) is 2. The van der Waals surface area contributed by atoms with Crippen molar-refractivity contribution in [1.29, 1.82) is 0 Å². The van der Waals surface area contributed by atoms with E-state index in [1.807, 2.05) is 38.1 Å². The zero-order chi connectivity index (χ0) is 21.5. The van der Waals surface area contributed by atoms with E-state index in [-0.39, 0.29) is 11.8 Å². The first-order valence-electron chi connectivity index (χ1n) is 9.55. The van der Waals surface area contributed by atoms with Crippen LogP contribution in [0.3, 0.4) is 0 Å². The molecule has 1 aromatic heterocycles. The maximum atomic E-state index is 12.3. The van der Waals surface area contributed by atoms with E-state index in [0.717, 1.165) is 15.8 Å². The maximum Gasteiger partial charge on any atom is 0.250 e. The number of benzene rings is 2. The molecule has 2 N–H and O–H groups in total. The number of nitrogens with one attached hydrogen (secondary N) is 2. The third kappa shape index (κ3) is 5.57. The number of carbonyl (C=O) groups is 2. The van der Waals surface area contributed by atoms with Crippen molar-refractivity contribution in [2.75, 3.05) is 23.8 Å². The molecule has 0 aliphatic heterocycles. The van der Waals surface area contributed by atoms with Crippen molar-refractivity contribution in [1.82, 2.24) is 4.98 Å². The Balaban J connectivity index is 1.69. The van der Waals surface area contributed by atoms with E-state index < -0.39 is 0 Å². The largest absolute Gasteiger partial charge is 0.490 e. The highest BCUT2D eigenvalue weighted by Crippen LogP contribution is 2.30. The molecule has 0 aliphatic rings. The van der Waals surface area contributed by atoms with Crippen molar-refractivity contribution < 1.29 is 19.1 Å². The number of carbonyl (C=O) groups excluding carboxylic acids is 2. The second kappa shape index (κ2) is 9.89. The van der Waals surface area contributed by atoms with E-state index in [4.69, 9.17) is 9.47 Å². The standard InChI is InChI=1S/C22H23N3O4S/c1-4-28-18-10-6-15(12-19(18)29-5-2)7-11-21(27)25-22-24-17-9-8-16(23-14(3)26)13-20(17)30-22/h6-13H,4-5H2,1-3H3,(H,23,26)(H,24,25,27)/b11-7+. The van der Waals surface area contributed by atoms with Crippen LogP contribution in [0.4, 0.5) is 10.8 Å². The molecule has 0 unspecified atom stereocenters. The Morgan fingerprint density at radius 2 is 1.80 bits per heavy atom. The van der Waals surface area contributed by atoms with Crippen molar-refractivity contribution >= 4 is 50.3 Å². The molecule has 3 aromatic rings. The minimum Gasteiger partial charge on any atom is -0.490 e. The normalized spacial score (nSPS) is 10.9. The summed E-state index contributed by atoms with van der Waals surface area (Å²) < 4.78 is 12.0. The molecule has 0 aliphatic carbocycles. The zero-order valence-corrected chi connectivity index (χ0v) is 17.8. The van der Waals surface area contributed by atoms with Gasteiger partial charge in [-0.05, 0) is 55.8 Å². The monoisotopic (exact) mass is 425 g/mol. The molecule has 0 saturated carbocycles. The lowest BCUT2D eigenvalue weighted by molar-refractivity contribution is -0.114. The minimum absolute atomic E-state index is 0.140. The number of amides is 2. The number of rotatable bonds is 8. The number of fused-ring (bicyclic) bond motifs is 1. The number of ether oxygens (including phenoxy) is 2. The summed E-state index contributed by atoms with van der Waals surface area (Å²) in [5.41, 5.74) is 2.26. The van der Waals surface area contributed by atoms with E-state index in [0.29, 0.717) is 35.5 Å². The summed E-state index contributed by atoms with van der Waals surface area (Å²) in [5.74, 6) is 0.888. The molecule has 0 saturated heterocycles. The highest BCUT2D eigenvalue weighted by atomic mass is 32.1. The van der Waals surface area contributed by atoms with Crippen LogP contribution in [0.25, 0.3) is 16.3 Å². The Hall–Kier alpha value is -3.39. The molecule has 7 nitrogen and oxygen atoms in total. The van der Waals surface area contributed by atoms with Gasteiger partial charge in [0.05, 0.1) is 23.4 Å². The summed E-state index contributed by atoms with van der Waals surface area (Å²) in [4.78, 5) is 27.9. The number of aromatic nitrogens is 1. The molecule has 0 fully saturated rings. The average Bonchev–Trinajstić information content (AvgIpc) is 3.09. The fourth-order valence-electron chi connectivity index (χ4n) is 2.75. The summed E-state index contributed by atoms with van der Waals surface area (Å²) in [7, 11) is 0. The van der Waals surface area contributed by atoms with E-state index in [9.17, 15) is 9.59 Å². The van der Waals surface area contributed by atoms with Gasteiger partial charge in [-0.1, -0.05) is 17.4 Å². The third-order valence-corrected chi connectivity index (χ3v) is 4.87. The number of nitrogens with zero attached hydrogens (tertiary/aromatic N) is 1. The third-order valence-electron chi connectivity index (χ3n) is 3.93. The Morgan fingerprint density at radius 1 is 1.03 bits per heavy atom. The lowest BCUT2D eigenvalue weighted by Crippen LogP contribution is -2.07. The molecular weight excluding hydrogens is 402 g/mol. The Morgan fingerprint density at radius 3 is 2.53 bits per heavy atom. The predicted octanol–water partition coefficient (Wildman–Crippen LogP) is 4.70. The topological polar surface area (TPSA) is 89.5 Å². The van der Waals surface area contributed by atoms with Crippen LogP contribution >= 0.6 is 11.3 Å². The molecule has 0 spiro atoms. The lowest BCUT2D eigenvalue weighted by atomic mass is 10.2. The van der Waals surface area contributed by atoms with E-state index >= 15 is 0 Å². The summed E-state index contributed by atoms with van der Waals surface area (Å²) >= 11 is 1.34. The van der Waals surface area contributed by atoms with Gasteiger partial charge in [-0.3, -0.25) is 14.9 Å². The summed E-state index contributed by atoms with van der Waals surface area (Å²) in [6, 6.07) is 10.9. The molecule has 0 radical (unpaired) electrons. The van der Waals surface area contributed by atoms with Crippen LogP contribution in [0.1, 0.15) is 26.3 Å². The van der Waals surface area contributed by atoms with Crippen molar-refractivity contribution in [3.8, 4) is 11.5 Å². The molecule has 2 amide bonds. The molecule has 0 atom stereocenters. The summed E-state index contributed by atoms with van der Waals surface area (Å²) in [6.45, 7) is 6.34. The summed E-state index contributed by atoms with van der Waals surface area (Å²) in [5, 5.41) is 5.99. The van der Waals surface area contributed by atoms with Gasteiger partial charge in [-0.25, -0.2) is 4.98 Å². The second-order valence-corrected chi connectivity index (χ2v) is 7.31. The van der Waals surface area contributed by atoms with E-state index in [2.05, 4.69) is 15.6 Å². The average molecular weight is 426 g/mol. The highest BCUT2D eigenvalue weighted by molar-refractivity contribution is 7.22. The van der Waals surface area contributed by atoms with Gasteiger partial charge in [-0.2, -0.15) is 0 Å². The Bertz CT molecular complexity index is 1090. The van der Waals surface area contributed by atoms with Crippen molar-refractivity contribution in [3.63, 3.8) is 0 Å². The van der Waals surface area contributed by atoms with Crippen molar-refractivity contribution in [2.45, 2.75) is 20.8 Å². The van der Waals surface area contributed by atoms with Crippen LogP contribution in [0, 0.1) is 0 Å². The van der Waals surface area contributed by atoms with E-state index in [1.54, 1.807) is 18.2 Å². The van der Waals surface area contributed by atoms with Crippen LogP contribution in [-0.4, -0.2) is 30.0 Å². The molecule has 30 heavy (non-hydrogen) atoms. The zero-order valence-electron chi connectivity index (χ0n) is 17.0. The first-order valence-corrected chi connectivity index (χ1v) is 10.4. The smallest absolute Gasteiger partial charge is 0.250 e. The van der Waals surface area contributed by atoms with Gasteiger partial charge in [-0.15, -0.1) is 0 Å². The van der Waals surface area contributed by atoms with E-state index in [1.165, 1.54) is 24.3 Å². The first-order chi connectivity index (χ1) is 14.5. The summed E-state index contributed by atoms with van der Waals surface area (Å²) in [6.07, 6.45) is 3.15. The van der Waals surface area contributed by atoms with Crippen LogP contribution in [0.15, 0.2) is 42.5 Å². The predicted molar refractivity (Wildman–Crippen MR) is 120 cm³/mol. The lowest BCUT2D eigenvalue weighted by Gasteiger charge is -2.11. The fraction of sp³-hybridized carbons (Fsp3) is 0.227. The van der Waals surface area contributed by atoms with Crippen LogP contribution in [0.5, 0.6) is 11.5 Å². The molecule has 3 rings (SSSR count). The molecule has 8 heteroatoms. The molecule has 156 valence electrons. The Labute approximate surface area is 178 Å². The van der Waals surface area contributed by atoms with Gasteiger partial charge >= 0.3 is 0 Å². The van der Waals surface area contributed by atoms with Crippen molar-refractivity contribution in [3.05, 3.63) is 48.0 Å². The quantitative estimate of drug-likeness (QED) is 0.511. The number of anilines is 2. The van der Waals surface area contributed by atoms with Gasteiger partial charge in [0.1, 0.15) is 0 Å². The van der Waals surface area contributed by atoms with Crippen LogP contribution in [-0.2, 0) is 9.59 Å². The number of hydrogen-bond acceptors (Lipinski definition) is 6. The van der Waals surface area contributed by atoms with Crippen LogP contribution < -0.4 is 20.1 Å². The maximum absolute atomic E-state index is 12.3. The van der Waals surface area contributed by atoms with Gasteiger partial charge in [0, 0.05) is 18.7 Å². The second-order valence-electron chi connectivity index (χ2n) is 6.28. The van der Waals surface area contributed by atoms with Crippen molar-refractivity contribution in [2.24, 2.45) is 0 Å². The molecule has 0 bridgehead atoms. The molecular formula is C22H23N3O4S. The number of thiazole rings is 1. The fourth-order valence-corrected chi connectivity index (χ4v) is 3.66. The van der Waals surface area contributed by atoms with Gasteiger partial charge in [0.25, 0.3) is 0 Å². The highest BCUT2D eigenvalue weighted by Gasteiger charge is 2.08. The first kappa shape index (κ1) is 21.3.